The number of rotatable bonds is 13. The molecule has 0 fully saturated rings. The molecular weight excluding hydrogens is 438 g/mol. The lowest BCUT2D eigenvalue weighted by molar-refractivity contribution is 0.0000410. The molecule has 0 bridgehead atoms. The van der Waals surface area contributed by atoms with E-state index in [0.29, 0.717) is 38.1 Å². The van der Waals surface area contributed by atoms with E-state index < -0.39 is 6.10 Å². The zero-order valence-electron chi connectivity index (χ0n) is 22.1. The van der Waals surface area contributed by atoms with Crippen LogP contribution in [0.2, 0.25) is 0 Å². The monoisotopic (exact) mass is 479 g/mol. The van der Waals surface area contributed by atoms with E-state index in [1.165, 1.54) is 5.56 Å². The maximum absolute atomic E-state index is 10.8. The number of nitrogens with zero attached hydrogens (tertiary/aromatic N) is 3. The van der Waals surface area contributed by atoms with Crippen LogP contribution in [0.3, 0.4) is 0 Å². The van der Waals surface area contributed by atoms with Gasteiger partial charge in [0.15, 0.2) is 0 Å². The topological polar surface area (TPSA) is 59.8 Å². The van der Waals surface area contributed by atoms with Crippen LogP contribution >= 0.6 is 0 Å². The molecule has 3 aromatic rings. The highest BCUT2D eigenvalue weighted by Gasteiger charge is 2.25. The van der Waals surface area contributed by atoms with Gasteiger partial charge in [-0.15, -0.1) is 0 Å². The van der Waals surface area contributed by atoms with Gasteiger partial charge >= 0.3 is 0 Å². The fourth-order valence-corrected chi connectivity index (χ4v) is 3.99. The Morgan fingerprint density at radius 1 is 1.00 bits per heavy atom. The van der Waals surface area contributed by atoms with E-state index in [1.54, 1.807) is 0 Å². The van der Waals surface area contributed by atoms with Crippen molar-refractivity contribution >= 4 is 0 Å². The summed E-state index contributed by atoms with van der Waals surface area (Å²) in [4.78, 5) is 2.30. The molecule has 0 amide bonds. The van der Waals surface area contributed by atoms with Crippen molar-refractivity contribution in [1.29, 1.82) is 0 Å². The number of ether oxygens (including phenoxy) is 2. The summed E-state index contributed by atoms with van der Waals surface area (Å²) in [5.41, 5.74) is 4.13. The van der Waals surface area contributed by atoms with Crippen LogP contribution in [0.1, 0.15) is 45.2 Å². The molecule has 0 spiro atoms. The van der Waals surface area contributed by atoms with E-state index >= 15 is 0 Å². The summed E-state index contributed by atoms with van der Waals surface area (Å²) in [7, 11) is 1.92. The summed E-state index contributed by atoms with van der Waals surface area (Å²) in [6, 6.07) is 18.5. The SMILES string of the molecule is CC[C@@H](C)N(Cc1c(-c2ccccc2)nn(C)c1Oc1ccc(C)cc1)C[C@@H](O)COCC(C)C. The Bertz CT molecular complexity index is 1030. The molecule has 0 saturated heterocycles. The second-order valence-electron chi connectivity index (χ2n) is 9.81. The lowest BCUT2D eigenvalue weighted by Gasteiger charge is -2.30. The molecular formula is C29H41N3O3. The van der Waals surface area contributed by atoms with Gasteiger partial charge in [-0.2, -0.15) is 5.10 Å². The Morgan fingerprint density at radius 2 is 1.69 bits per heavy atom. The van der Waals surface area contributed by atoms with Crippen LogP contribution in [0, 0.1) is 12.8 Å². The molecule has 0 saturated carbocycles. The first-order valence-electron chi connectivity index (χ1n) is 12.6. The smallest absolute Gasteiger partial charge is 0.222 e. The first-order chi connectivity index (χ1) is 16.8. The van der Waals surface area contributed by atoms with Crippen molar-refractivity contribution in [2.45, 2.75) is 59.7 Å². The van der Waals surface area contributed by atoms with Crippen LogP contribution in [0.25, 0.3) is 11.3 Å². The normalized spacial score (nSPS) is 13.4. The van der Waals surface area contributed by atoms with Crippen molar-refractivity contribution in [1.82, 2.24) is 14.7 Å². The minimum atomic E-state index is -0.568. The van der Waals surface area contributed by atoms with Crippen LogP contribution in [0.4, 0.5) is 0 Å². The fraction of sp³-hybridized carbons (Fsp3) is 0.483. The van der Waals surface area contributed by atoms with E-state index in [2.05, 4.69) is 51.7 Å². The predicted octanol–water partition coefficient (Wildman–Crippen LogP) is 5.82. The average Bonchev–Trinajstić information content (AvgIpc) is 3.14. The second kappa shape index (κ2) is 12.9. The molecule has 1 heterocycles. The van der Waals surface area contributed by atoms with E-state index in [-0.39, 0.29) is 6.04 Å². The fourth-order valence-electron chi connectivity index (χ4n) is 3.99. The zero-order chi connectivity index (χ0) is 25.4. The average molecular weight is 480 g/mol. The molecule has 1 aromatic heterocycles. The van der Waals surface area contributed by atoms with Crippen molar-refractivity contribution < 1.29 is 14.6 Å². The molecule has 3 rings (SSSR count). The maximum Gasteiger partial charge on any atom is 0.222 e. The number of aromatic nitrogens is 2. The van der Waals surface area contributed by atoms with E-state index in [0.717, 1.165) is 29.0 Å². The van der Waals surface area contributed by atoms with Gasteiger partial charge < -0.3 is 14.6 Å². The molecule has 190 valence electrons. The van der Waals surface area contributed by atoms with Crippen LogP contribution in [-0.4, -0.2) is 51.7 Å². The van der Waals surface area contributed by atoms with Crippen LogP contribution < -0.4 is 4.74 Å². The minimum Gasteiger partial charge on any atom is -0.439 e. The van der Waals surface area contributed by atoms with Gasteiger partial charge in [0.2, 0.25) is 5.88 Å². The molecule has 0 aliphatic carbocycles. The summed E-state index contributed by atoms with van der Waals surface area (Å²) < 4.78 is 13.9. The number of aryl methyl sites for hydroxylation is 2. The predicted molar refractivity (Wildman–Crippen MR) is 142 cm³/mol. The Labute approximate surface area is 210 Å². The number of benzene rings is 2. The van der Waals surface area contributed by atoms with Crippen LogP contribution in [0.15, 0.2) is 54.6 Å². The highest BCUT2D eigenvalue weighted by molar-refractivity contribution is 5.65. The molecule has 0 unspecified atom stereocenters. The number of aliphatic hydroxyl groups is 1. The van der Waals surface area contributed by atoms with Crippen molar-refractivity contribution in [3.63, 3.8) is 0 Å². The highest BCUT2D eigenvalue weighted by atomic mass is 16.5. The van der Waals surface area contributed by atoms with Crippen LogP contribution in [-0.2, 0) is 18.3 Å². The Kier molecular flexibility index (Phi) is 9.90. The maximum atomic E-state index is 10.8. The third-order valence-electron chi connectivity index (χ3n) is 6.15. The van der Waals surface area contributed by atoms with Gasteiger partial charge in [-0.1, -0.05) is 68.8 Å². The zero-order valence-corrected chi connectivity index (χ0v) is 22.1. The minimum absolute atomic E-state index is 0.269. The first-order valence-corrected chi connectivity index (χ1v) is 12.6. The van der Waals surface area contributed by atoms with Gasteiger partial charge in [-0.3, -0.25) is 4.90 Å². The lowest BCUT2D eigenvalue weighted by atomic mass is 10.1. The Morgan fingerprint density at radius 3 is 2.31 bits per heavy atom. The van der Waals surface area contributed by atoms with Gasteiger partial charge in [-0.05, 0) is 38.3 Å². The molecule has 6 heteroatoms. The summed E-state index contributed by atoms with van der Waals surface area (Å²) in [6.07, 6.45) is 0.398. The Balaban J connectivity index is 1.93. The number of aliphatic hydroxyl groups excluding tert-OH is 1. The van der Waals surface area contributed by atoms with Crippen molar-refractivity contribution in [2.24, 2.45) is 13.0 Å². The van der Waals surface area contributed by atoms with Gasteiger partial charge in [0.05, 0.1) is 18.3 Å². The Hall–Kier alpha value is -2.67. The first kappa shape index (κ1) is 26.9. The lowest BCUT2D eigenvalue weighted by Crippen LogP contribution is -2.40. The number of hydrogen-bond acceptors (Lipinski definition) is 5. The quantitative estimate of drug-likeness (QED) is 0.335. The van der Waals surface area contributed by atoms with E-state index in [9.17, 15) is 5.11 Å². The molecule has 6 nitrogen and oxygen atoms in total. The summed E-state index contributed by atoms with van der Waals surface area (Å²) in [6.45, 7) is 12.8. The van der Waals surface area contributed by atoms with E-state index in [4.69, 9.17) is 14.6 Å². The molecule has 35 heavy (non-hydrogen) atoms. The van der Waals surface area contributed by atoms with Gasteiger partial charge in [-0.25, -0.2) is 4.68 Å². The molecule has 2 aromatic carbocycles. The third kappa shape index (κ3) is 7.66. The molecule has 0 aliphatic rings. The number of hydrogen-bond donors (Lipinski definition) is 1. The largest absolute Gasteiger partial charge is 0.439 e. The van der Waals surface area contributed by atoms with Crippen molar-refractivity contribution in [3.8, 4) is 22.9 Å². The standard InChI is InChI=1S/C29H41N3O3/c1-7-23(5)32(17-25(33)20-34-19-21(2)3)18-27-28(24-11-9-8-10-12-24)30-31(6)29(27)35-26-15-13-22(4)14-16-26/h8-16,21,23,25,33H,7,17-20H2,1-6H3/t23-,25-/m1/s1. The summed E-state index contributed by atoms with van der Waals surface area (Å²) in [5, 5.41) is 15.6. The molecule has 0 aliphatic heterocycles. The van der Waals surface area contributed by atoms with Gasteiger partial charge in [0.1, 0.15) is 11.4 Å². The summed E-state index contributed by atoms with van der Waals surface area (Å²) in [5.74, 6) is 1.93. The molecule has 1 N–H and O–H groups in total. The van der Waals surface area contributed by atoms with Gasteiger partial charge in [0, 0.05) is 38.3 Å². The van der Waals surface area contributed by atoms with Crippen LogP contribution in [0.5, 0.6) is 11.6 Å². The van der Waals surface area contributed by atoms with Crippen molar-refractivity contribution in [3.05, 3.63) is 65.7 Å². The molecule has 0 radical (unpaired) electrons. The van der Waals surface area contributed by atoms with Crippen molar-refractivity contribution in [2.75, 3.05) is 19.8 Å². The van der Waals surface area contributed by atoms with E-state index in [1.807, 2.05) is 54.2 Å². The highest BCUT2D eigenvalue weighted by Crippen LogP contribution is 2.34. The molecule has 2 atom stereocenters. The third-order valence-corrected chi connectivity index (χ3v) is 6.15. The second-order valence-corrected chi connectivity index (χ2v) is 9.81. The summed E-state index contributed by atoms with van der Waals surface area (Å²) >= 11 is 0. The van der Waals surface area contributed by atoms with Gasteiger partial charge in [0.25, 0.3) is 0 Å².